The normalized spacial score (nSPS) is 16.1. The van der Waals surface area contributed by atoms with Crippen LogP contribution in [0.4, 0.5) is 0 Å². The van der Waals surface area contributed by atoms with Gasteiger partial charge in [-0.25, -0.2) is 0 Å². The van der Waals surface area contributed by atoms with Crippen LogP contribution in [-0.2, 0) is 26.2 Å². The minimum absolute atomic E-state index is 0.0116. The van der Waals surface area contributed by atoms with Crippen LogP contribution in [0.25, 0.3) is 0 Å². The van der Waals surface area contributed by atoms with Gasteiger partial charge >= 0.3 is 0 Å². The van der Waals surface area contributed by atoms with Gasteiger partial charge in [-0.1, -0.05) is 56.3 Å². The predicted molar refractivity (Wildman–Crippen MR) is 146 cm³/mol. The van der Waals surface area contributed by atoms with Crippen molar-refractivity contribution in [1.29, 1.82) is 0 Å². The first-order chi connectivity index (χ1) is 18.3. The Morgan fingerprint density at radius 1 is 0.816 bits per heavy atom. The smallest absolute Gasteiger partial charge is 0.258 e. The zero-order chi connectivity index (χ0) is 26.8. The monoisotopic (exact) mass is 513 g/mol. The minimum atomic E-state index is -0.223. The molecular formula is C31H35N3O4. The number of fused-ring (bicyclic) bond motifs is 1. The van der Waals surface area contributed by atoms with Crippen LogP contribution in [0.1, 0.15) is 68.3 Å². The van der Waals surface area contributed by atoms with Crippen molar-refractivity contribution >= 4 is 12.2 Å². The predicted octanol–water partition coefficient (Wildman–Crippen LogP) is 4.51. The average molecular weight is 514 g/mol. The molecule has 1 fully saturated rings. The Balaban J connectivity index is 1.17. The number of rotatable bonds is 7. The highest BCUT2D eigenvalue weighted by Crippen LogP contribution is 2.34. The number of benzene rings is 3. The summed E-state index contributed by atoms with van der Waals surface area (Å²) in [5, 5.41) is 20.5. The summed E-state index contributed by atoms with van der Waals surface area (Å²) in [7, 11) is 0. The van der Waals surface area contributed by atoms with Crippen LogP contribution in [0.2, 0.25) is 0 Å². The first-order valence-electron chi connectivity index (χ1n) is 13.3. The highest BCUT2D eigenvalue weighted by molar-refractivity contribution is 5.97. The van der Waals surface area contributed by atoms with Gasteiger partial charge in [0.05, 0.1) is 5.56 Å². The summed E-state index contributed by atoms with van der Waals surface area (Å²) in [5.41, 5.74) is 6.34. The summed E-state index contributed by atoms with van der Waals surface area (Å²) >= 11 is 0. The topological polar surface area (TPSA) is 84.3 Å². The number of hydrogen-bond acceptors (Lipinski definition) is 6. The van der Waals surface area contributed by atoms with Gasteiger partial charge in [-0.2, -0.15) is 0 Å². The van der Waals surface area contributed by atoms with E-state index in [1.807, 2.05) is 38.1 Å². The van der Waals surface area contributed by atoms with Crippen molar-refractivity contribution in [2.75, 3.05) is 26.2 Å². The van der Waals surface area contributed by atoms with Crippen LogP contribution in [0.5, 0.6) is 11.5 Å². The van der Waals surface area contributed by atoms with E-state index in [9.17, 15) is 19.8 Å². The van der Waals surface area contributed by atoms with Crippen LogP contribution < -0.4 is 0 Å². The highest BCUT2D eigenvalue weighted by atomic mass is 16.3. The summed E-state index contributed by atoms with van der Waals surface area (Å²) in [6, 6.07) is 17.2. The van der Waals surface area contributed by atoms with E-state index in [1.54, 1.807) is 11.0 Å². The van der Waals surface area contributed by atoms with Gasteiger partial charge in [0.1, 0.15) is 17.8 Å². The van der Waals surface area contributed by atoms with Crippen molar-refractivity contribution in [3.63, 3.8) is 0 Å². The molecule has 3 aromatic rings. The van der Waals surface area contributed by atoms with Crippen LogP contribution in [0.15, 0.2) is 54.6 Å². The number of phenolic OH excluding ortho intramolecular Hbond substituents is 2. The molecule has 0 spiro atoms. The van der Waals surface area contributed by atoms with Crippen LogP contribution in [-0.4, -0.2) is 63.3 Å². The molecule has 1 saturated heterocycles. The number of aromatic hydroxyl groups is 2. The molecule has 0 atom stereocenters. The van der Waals surface area contributed by atoms with E-state index >= 15 is 0 Å². The number of hydrogen-bond donors (Lipinski definition) is 2. The number of piperazine rings is 1. The van der Waals surface area contributed by atoms with Gasteiger partial charge in [0.2, 0.25) is 0 Å². The van der Waals surface area contributed by atoms with Crippen LogP contribution >= 0.6 is 0 Å². The lowest BCUT2D eigenvalue weighted by atomic mass is 9.98. The quantitative estimate of drug-likeness (QED) is 0.453. The average Bonchev–Trinajstić information content (AvgIpc) is 3.33. The molecule has 5 rings (SSSR count). The first kappa shape index (κ1) is 25.9. The Morgan fingerprint density at radius 2 is 1.42 bits per heavy atom. The molecule has 38 heavy (non-hydrogen) atoms. The molecular weight excluding hydrogens is 478 g/mol. The zero-order valence-corrected chi connectivity index (χ0v) is 22.1. The van der Waals surface area contributed by atoms with Gasteiger partial charge in [0, 0.05) is 64.0 Å². The van der Waals surface area contributed by atoms with Crippen molar-refractivity contribution < 1.29 is 19.8 Å². The molecule has 7 heteroatoms. The first-order valence-corrected chi connectivity index (χ1v) is 13.3. The fraction of sp³-hybridized carbons (Fsp3) is 0.355. The van der Waals surface area contributed by atoms with Crippen molar-refractivity contribution in [2.45, 2.75) is 45.9 Å². The van der Waals surface area contributed by atoms with E-state index in [2.05, 4.69) is 28.0 Å². The molecule has 0 saturated carbocycles. The van der Waals surface area contributed by atoms with E-state index in [0.717, 1.165) is 56.7 Å². The van der Waals surface area contributed by atoms with Crippen LogP contribution in [0.3, 0.4) is 0 Å². The number of carbonyl (C=O) groups is 2. The third-order valence-corrected chi connectivity index (χ3v) is 7.67. The van der Waals surface area contributed by atoms with Gasteiger partial charge in [0.25, 0.3) is 5.91 Å². The van der Waals surface area contributed by atoms with Gasteiger partial charge in [-0.3, -0.25) is 19.4 Å². The third-order valence-electron chi connectivity index (χ3n) is 7.67. The van der Waals surface area contributed by atoms with Crippen molar-refractivity contribution in [1.82, 2.24) is 14.7 Å². The van der Waals surface area contributed by atoms with E-state index < -0.39 is 0 Å². The van der Waals surface area contributed by atoms with Crippen molar-refractivity contribution in [3.05, 3.63) is 93.5 Å². The summed E-state index contributed by atoms with van der Waals surface area (Å²) < 4.78 is 0. The SMILES string of the molecule is CC(C)c1cc(C(=O)N2Cc3ccc(CN4CCN(Cc5ccc(C=O)cc5)CC4)cc3C2)c(O)cc1O. The summed E-state index contributed by atoms with van der Waals surface area (Å²) in [6.07, 6.45) is 0.875. The fourth-order valence-electron chi connectivity index (χ4n) is 5.41. The van der Waals surface area contributed by atoms with Gasteiger partial charge in [-0.05, 0) is 39.8 Å². The maximum atomic E-state index is 13.3. The number of nitrogens with zero attached hydrogens (tertiary/aromatic N) is 3. The van der Waals surface area contributed by atoms with Crippen molar-refractivity contribution in [2.24, 2.45) is 0 Å². The second-order valence-corrected chi connectivity index (χ2v) is 10.8. The minimum Gasteiger partial charge on any atom is -0.508 e. The molecule has 198 valence electrons. The molecule has 0 bridgehead atoms. The zero-order valence-electron chi connectivity index (χ0n) is 22.1. The van der Waals surface area contributed by atoms with Gasteiger partial charge in [0.15, 0.2) is 0 Å². The van der Waals surface area contributed by atoms with E-state index in [-0.39, 0.29) is 28.9 Å². The highest BCUT2D eigenvalue weighted by Gasteiger charge is 2.28. The maximum Gasteiger partial charge on any atom is 0.258 e. The fourth-order valence-corrected chi connectivity index (χ4v) is 5.41. The molecule has 2 aliphatic rings. The third kappa shape index (κ3) is 5.59. The summed E-state index contributed by atoms with van der Waals surface area (Å²) in [5.74, 6) is -0.362. The number of phenols is 2. The second-order valence-electron chi connectivity index (χ2n) is 10.8. The maximum absolute atomic E-state index is 13.3. The van der Waals surface area contributed by atoms with E-state index in [1.165, 1.54) is 17.2 Å². The largest absolute Gasteiger partial charge is 0.508 e. The Morgan fingerprint density at radius 3 is 2.05 bits per heavy atom. The molecule has 1 amide bonds. The number of carbonyl (C=O) groups excluding carboxylic acids is 2. The molecule has 0 unspecified atom stereocenters. The van der Waals surface area contributed by atoms with E-state index in [4.69, 9.17) is 0 Å². The second kappa shape index (κ2) is 11.0. The van der Waals surface area contributed by atoms with Crippen molar-refractivity contribution in [3.8, 4) is 11.5 Å². The molecule has 0 aromatic heterocycles. The Kier molecular flexibility index (Phi) is 7.49. The molecule has 3 aromatic carbocycles. The summed E-state index contributed by atoms with van der Waals surface area (Å²) in [4.78, 5) is 30.8. The van der Waals surface area contributed by atoms with Gasteiger partial charge in [-0.15, -0.1) is 0 Å². The molecule has 2 aliphatic heterocycles. The molecule has 0 aliphatic carbocycles. The Hall–Kier alpha value is -3.68. The lowest BCUT2D eigenvalue weighted by Crippen LogP contribution is -2.45. The molecule has 2 heterocycles. The van der Waals surface area contributed by atoms with E-state index in [0.29, 0.717) is 24.2 Å². The number of amides is 1. The summed E-state index contributed by atoms with van der Waals surface area (Å²) in [6.45, 7) is 10.7. The lowest BCUT2D eigenvalue weighted by Gasteiger charge is -2.34. The lowest BCUT2D eigenvalue weighted by molar-refractivity contribution is 0.0748. The molecule has 2 N–H and O–H groups in total. The van der Waals surface area contributed by atoms with Crippen LogP contribution in [0, 0.1) is 0 Å². The standard InChI is InChI=1S/C31H35N3O4/c1-21(2)27-14-28(30(37)15-29(27)36)31(38)34-18-25-8-7-24(13-26(25)19-34)17-33-11-9-32(10-12-33)16-22-3-5-23(20-35)6-4-22/h3-8,13-15,20-21,36-37H,9-12,16-19H2,1-2H3. The van der Waals surface area contributed by atoms with Gasteiger partial charge < -0.3 is 15.1 Å². The Bertz CT molecular complexity index is 1330. The molecule has 0 radical (unpaired) electrons. The Labute approximate surface area is 223 Å². The molecule has 7 nitrogen and oxygen atoms in total. The number of aldehydes is 1.